The SMILES string of the molecule is CC(C)C[C@@]1(C2CCCC2)CNC(=O)N1C1CCNCC1. The van der Waals surface area contributed by atoms with E-state index < -0.39 is 0 Å². The molecule has 0 radical (unpaired) electrons. The lowest BCUT2D eigenvalue weighted by molar-refractivity contribution is 0.0397. The molecule has 2 aliphatic heterocycles. The second-order valence-electron chi connectivity index (χ2n) is 7.69. The van der Waals surface area contributed by atoms with Gasteiger partial charge in [-0.25, -0.2) is 4.79 Å². The van der Waals surface area contributed by atoms with E-state index in [0.717, 1.165) is 38.9 Å². The van der Waals surface area contributed by atoms with Crippen LogP contribution in [0, 0.1) is 11.8 Å². The van der Waals surface area contributed by atoms with Crippen molar-refractivity contribution in [3.63, 3.8) is 0 Å². The van der Waals surface area contributed by atoms with Crippen molar-refractivity contribution in [3.05, 3.63) is 0 Å². The zero-order chi connectivity index (χ0) is 14.9. The normalized spacial score (nSPS) is 32.1. The van der Waals surface area contributed by atoms with E-state index in [-0.39, 0.29) is 11.6 Å². The van der Waals surface area contributed by atoms with Crippen LogP contribution >= 0.6 is 0 Å². The Bertz CT molecular complexity index is 372. The number of carbonyl (C=O) groups is 1. The monoisotopic (exact) mass is 293 g/mol. The van der Waals surface area contributed by atoms with E-state index >= 15 is 0 Å². The van der Waals surface area contributed by atoms with E-state index in [2.05, 4.69) is 29.4 Å². The molecule has 3 fully saturated rings. The van der Waals surface area contributed by atoms with E-state index in [1.165, 1.54) is 25.7 Å². The lowest BCUT2D eigenvalue weighted by atomic mass is 9.75. The molecule has 3 aliphatic rings. The minimum Gasteiger partial charge on any atom is -0.336 e. The van der Waals surface area contributed by atoms with Crippen LogP contribution in [0.15, 0.2) is 0 Å². The van der Waals surface area contributed by atoms with Crippen molar-refractivity contribution in [2.45, 2.75) is 70.4 Å². The van der Waals surface area contributed by atoms with Gasteiger partial charge in [-0.15, -0.1) is 0 Å². The highest BCUT2D eigenvalue weighted by Crippen LogP contribution is 2.45. The summed E-state index contributed by atoms with van der Waals surface area (Å²) in [5.74, 6) is 1.34. The van der Waals surface area contributed by atoms with Gasteiger partial charge in [-0.2, -0.15) is 0 Å². The van der Waals surface area contributed by atoms with Crippen molar-refractivity contribution in [1.29, 1.82) is 0 Å². The van der Waals surface area contributed by atoms with Crippen LogP contribution in [0.25, 0.3) is 0 Å². The summed E-state index contributed by atoms with van der Waals surface area (Å²) in [6.07, 6.45) is 8.68. The summed E-state index contributed by atoms with van der Waals surface area (Å²) >= 11 is 0. The van der Waals surface area contributed by atoms with Crippen molar-refractivity contribution in [2.24, 2.45) is 11.8 Å². The van der Waals surface area contributed by atoms with Gasteiger partial charge in [-0.1, -0.05) is 26.7 Å². The van der Waals surface area contributed by atoms with E-state index in [1.54, 1.807) is 0 Å². The fraction of sp³-hybridized carbons (Fsp3) is 0.941. The highest BCUT2D eigenvalue weighted by Gasteiger charge is 2.53. The Hall–Kier alpha value is -0.770. The summed E-state index contributed by atoms with van der Waals surface area (Å²) in [6, 6.07) is 0.641. The molecule has 1 atom stereocenters. The highest BCUT2D eigenvalue weighted by molar-refractivity contribution is 5.78. The average molecular weight is 293 g/mol. The molecule has 2 N–H and O–H groups in total. The Balaban J connectivity index is 1.89. The third-order valence-corrected chi connectivity index (χ3v) is 5.79. The molecule has 0 aromatic carbocycles. The quantitative estimate of drug-likeness (QED) is 0.837. The molecule has 0 aromatic heterocycles. The molecule has 120 valence electrons. The van der Waals surface area contributed by atoms with Gasteiger partial charge in [0.2, 0.25) is 0 Å². The molecule has 0 bridgehead atoms. The fourth-order valence-corrected chi connectivity index (χ4v) is 5.04. The lowest BCUT2D eigenvalue weighted by Crippen LogP contribution is -2.58. The van der Waals surface area contributed by atoms with Crippen LogP contribution in [0.4, 0.5) is 4.79 Å². The molecule has 1 aliphatic carbocycles. The van der Waals surface area contributed by atoms with Crippen molar-refractivity contribution >= 4 is 6.03 Å². The van der Waals surface area contributed by atoms with Crippen molar-refractivity contribution in [3.8, 4) is 0 Å². The first-order valence-electron chi connectivity index (χ1n) is 8.91. The Labute approximate surface area is 129 Å². The van der Waals surface area contributed by atoms with Gasteiger partial charge in [0.05, 0.1) is 5.54 Å². The summed E-state index contributed by atoms with van der Waals surface area (Å²) in [5.41, 5.74) is 0.0871. The van der Waals surface area contributed by atoms with Gasteiger partial charge in [0, 0.05) is 12.6 Å². The van der Waals surface area contributed by atoms with Gasteiger partial charge in [0.1, 0.15) is 0 Å². The van der Waals surface area contributed by atoms with Crippen LogP contribution in [0.2, 0.25) is 0 Å². The Morgan fingerprint density at radius 3 is 2.48 bits per heavy atom. The fourth-order valence-electron chi connectivity index (χ4n) is 5.04. The van der Waals surface area contributed by atoms with Gasteiger partial charge in [-0.3, -0.25) is 0 Å². The maximum Gasteiger partial charge on any atom is 0.318 e. The first-order chi connectivity index (χ1) is 10.1. The highest BCUT2D eigenvalue weighted by atomic mass is 16.2. The van der Waals surface area contributed by atoms with Crippen molar-refractivity contribution in [2.75, 3.05) is 19.6 Å². The van der Waals surface area contributed by atoms with Crippen LogP contribution in [-0.4, -0.2) is 42.1 Å². The third kappa shape index (κ3) is 2.79. The second-order valence-corrected chi connectivity index (χ2v) is 7.69. The summed E-state index contributed by atoms with van der Waals surface area (Å²) < 4.78 is 0. The molecule has 0 unspecified atom stereocenters. The zero-order valence-corrected chi connectivity index (χ0v) is 13.7. The molecular formula is C17H31N3O. The van der Waals surface area contributed by atoms with Crippen molar-refractivity contribution in [1.82, 2.24) is 15.5 Å². The number of amides is 2. The molecule has 3 rings (SSSR count). The molecule has 2 saturated heterocycles. The van der Waals surface area contributed by atoms with Gasteiger partial charge < -0.3 is 15.5 Å². The molecule has 0 spiro atoms. The van der Waals surface area contributed by atoms with E-state index in [0.29, 0.717) is 17.9 Å². The molecule has 2 heterocycles. The molecule has 4 nitrogen and oxygen atoms in total. The predicted octanol–water partition coefficient (Wildman–Crippen LogP) is 2.74. The van der Waals surface area contributed by atoms with Crippen molar-refractivity contribution < 1.29 is 4.79 Å². The molecular weight excluding hydrogens is 262 g/mol. The van der Waals surface area contributed by atoms with Gasteiger partial charge in [-0.05, 0) is 57.0 Å². The van der Waals surface area contributed by atoms with Crippen LogP contribution in [0.5, 0.6) is 0 Å². The number of nitrogens with zero attached hydrogens (tertiary/aromatic N) is 1. The van der Waals surface area contributed by atoms with E-state index in [4.69, 9.17) is 0 Å². The number of urea groups is 1. The van der Waals surface area contributed by atoms with Gasteiger partial charge in [0.25, 0.3) is 0 Å². The maximum atomic E-state index is 12.6. The number of hydrogen-bond donors (Lipinski definition) is 2. The predicted molar refractivity (Wildman–Crippen MR) is 85.3 cm³/mol. The number of nitrogens with one attached hydrogen (secondary N) is 2. The van der Waals surface area contributed by atoms with Crippen LogP contribution in [-0.2, 0) is 0 Å². The first-order valence-corrected chi connectivity index (χ1v) is 8.91. The Morgan fingerprint density at radius 2 is 1.86 bits per heavy atom. The zero-order valence-electron chi connectivity index (χ0n) is 13.7. The summed E-state index contributed by atoms with van der Waals surface area (Å²) in [5, 5.41) is 6.64. The molecule has 21 heavy (non-hydrogen) atoms. The summed E-state index contributed by atoms with van der Waals surface area (Å²) in [7, 11) is 0. The Kier molecular flexibility index (Phi) is 4.43. The summed E-state index contributed by atoms with van der Waals surface area (Å²) in [4.78, 5) is 14.9. The molecule has 2 amide bonds. The van der Waals surface area contributed by atoms with Gasteiger partial charge >= 0.3 is 6.03 Å². The largest absolute Gasteiger partial charge is 0.336 e. The second kappa shape index (κ2) is 6.15. The van der Waals surface area contributed by atoms with E-state index in [1.807, 2.05) is 0 Å². The molecule has 0 aromatic rings. The van der Waals surface area contributed by atoms with E-state index in [9.17, 15) is 4.79 Å². The smallest absolute Gasteiger partial charge is 0.318 e. The number of hydrogen-bond acceptors (Lipinski definition) is 2. The number of carbonyl (C=O) groups excluding carboxylic acids is 1. The number of rotatable bonds is 4. The topological polar surface area (TPSA) is 44.4 Å². The number of piperidine rings is 1. The lowest BCUT2D eigenvalue weighted by Gasteiger charge is -2.47. The summed E-state index contributed by atoms with van der Waals surface area (Å²) in [6.45, 7) is 7.59. The third-order valence-electron chi connectivity index (χ3n) is 5.79. The Morgan fingerprint density at radius 1 is 1.19 bits per heavy atom. The average Bonchev–Trinajstić information content (AvgIpc) is 3.09. The van der Waals surface area contributed by atoms with Gasteiger partial charge in [0.15, 0.2) is 0 Å². The molecule has 4 heteroatoms. The minimum absolute atomic E-state index is 0.0871. The maximum absolute atomic E-state index is 12.6. The first kappa shape index (κ1) is 15.1. The van der Waals surface area contributed by atoms with Crippen LogP contribution in [0.3, 0.4) is 0 Å². The van der Waals surface area contributed by atoms with Crippen LogP contribution in [0.1, 0.15) is 58.8 Å². The minimum atomic E-state index is 0.0871. The van der Waals surface area contributed by atoms with Crippen LogP contribution < -0.4 is 10.6 Å². The molecule has 1 saturated carbocycles. The standard InChI is InChI=1S/C17H31N3O/c1-13(2)11-17(14-5-3-4-6-14)12-19-16(21)20(17)15-7-9-18-10-8-15/h13-15,18H,3-12H2,1-2H3,(H,19,21)/t17-/m0/s1.